The third-order valence-electron chi connectivity index (χ3n) is 1.24. The summed E-state index contributed by atoms with van der Waals surface area (Å²) in [5.74, 6) is -0.533. The smallest absolute Gasteiger partial charge is 0.308 e. The van der Waals surface area contributed by atoms with Gasteiger partial charge in [0.15, 0.2) is 5.78 Å². The van der Waals surface area contributed by atoms with Crippen molar-refractivity contribution in [2.45, 2.75) is 56.4 Å². The fraction of sp³-hybridized carbons (Fsp3) is 0.846. The Hall–Kier alpha value is -0.900. The van der Waals surface area contributed by atoms with Crippen molar-refractivity contribution in [2.75, 3.05) is 19.8 Å². The lowest BCUT2D eigenvalue weighted by molar-refractivity contribution is -0.148. The highest BCUT2D eigenvalue weighted by atomic mass is 16.5. The molecule has 0 bridgehead atoms. The van der Waals surface area contributed by atoms with Crippen LogP contribution in [0.1, 0.15) is 56.4 Å². The molecule has 0 rings (SSSR count). The molecule has 0 aliphatic carbocycles. The molecule has 0 fully saturated rings. The van der Waals surface area contributed by atoms with E-state index in [2.05, 4.69) is 4.74 Å². The van der Waals surface area contributed by atoms with Crippen LogP contribution in [0.2, 0.25) is 0 Å². The Morgan fingerprint density at radius 2 is 1.53 bits per heavy atom. The molecule has 0 saturated heterocycles. The number of esters is 1. The maximum atomic E-state index is 10.9. The minimum Gasteiger partial charge on any atom is -0.458 e. The molecule has 4 heteroatoms. The summed E-state index contributed by atoms with van der Waals surface area (Å²) in [4.78, 5) is 21.3. The minimum absolute atomic E-state index is 0. The van der Waals surface area contributed by atoms with Crippen molar-refractivity contribution >= 4 is 11.8 Å². The van der Waals surface area contributed by atoms with Gasteiger partial charge in [-0.15, -0.1) is 0 Å². The normalized spacial score (nSPS) is 7.41. The summed E-state index contributed by atoms with van der Waals surface area (Å²) < 4.78 is 9.69. The summed E-state index contributed by atoms with van der Waals surface area (Å²) in [6.45, 7) is 4.26. The van der Waals surface area contributed by atoms with Gasteiger partial charge in [-0.2, -0.15) is 0 Å². The van der Waals surface area contributed by atoms with E-state index in [0.29, 0.717) is 13.2 Å². The standard InChI is InChI=1S/C9H16O4.4CH4/c1-3-5-12-6-4-9(11)13-7-8(2)10;;;;/h3-7H2,1-2H3;4*1H4. The molecule has 0 heterocycles. The maximum Gasteiger partial charge on any atom is 0.308 e. The number of carbonyl (C=O) groups excluding carboxylic acids is 2. The van der Waals surface area contributed by atoms with Crippen molar-refractivity contribution in [1.29, 1.82) is 0 Å². The van der Waals surface area contributed by atoms with E-state index < -0.39 is 0 Å². The van der Waals surface area contributed by atoms with E-state index in [4.69, 9.17) is 4.74 Å². The number of ketones is 1. The second-order valence-electron chi connectivity index (χ2n) is 2.73. The summed E-state index contributed by atoms with van der Waals surface area (Å²) in [5.41, 5.74) is 0. The van der Waals surface area contributed by atoms with Gasteiger partial charge in [-0.1, -0.05) is 36.6 Å². The van der Waals surface area contributed by atoms with Crippen molar-refractivity contribution in [3.8, 4) is 0 Å². The zero-order valence-electron chi connectivity index (χ0n) is 8.17. The molecule has 0 aromatic carbocycles. The molecule has 0 atom stereocenters. The van der Waals surface area contributed by atoms with Crippen molar-refractivity contribution in [3.63, 3.8) is 0 Å². The quantitative estimate of drug-likeness (QED) is 0.514. The lowest BCUT2D eigenvalue weighted by Crippen LogP contribution is -2.13. The van der Waals surface area contributed by atoms with E-state index in [9.17, 15) is 9.59 Å². The minimum atomic E-state index is -0.383. The molecule has 0 aliphatic heterocycles. The predicted molar refractivity (Wildman–Crippen MR) is 74.3 cm³/mol. The van der Waals surface area contributed by atoms with Gasteiger partial charge >= 0.3 is 5.97 Å². The van der Waals surface area contributed by atoms with Crippen molar-refractivity contribution in [1.82, 2.24) is 0 Å². The third-order valence-corrected chi connectivity index (χ3v) is 1.24. The van der Waals surface area contributed by atoms with Gasteiger partial charge in [0.2, 0.25) is 0 Å². The highest BCUT2D eigenvalue weighted by molar-refractivity contribution is 5.80. The summed E-state index contributed by atoms with van der Waals surface area (Å²) in [6, 6.07) is 0. The van der Waals surface area contributed by atoms with Gasteiger partial charge in [-0.25, -0.2) is 0 Å². The summed E-state index contributed by atoms with van der Waals surface area (Å²) in [6.07, 6.45) is 1.15. The van der Waals surface area contributed by atoms with Crippen molar-refractivity contribution in [2.24, 2.45) is 0 Å². The van der Waals surface area contributed by atoms with Crippen LogP contribution >= 0.6 is 0 Å². The molecule has 0 radical (unpaired) electrons. The highest BCUT2D eigenvalue weighted by Gasteiger charge is 2.03. The van der Waals surface area contributed by atoms with Gasteiger partial charge in [0.1, 0.15) is 6.61 Å². The fourth-order valence-corrected chi connectivity index (χ4v) is 0.656. The second kappa shape index (κ2) is 20.5. The number of rotatable bonds is 7. The Morgan fingerprint density at radius 3 is 1.94 bits per heavy atom. The first-order chi connectivity index (χ1) is 6.16. The van der Waals surface area contributed by atoms with Gasteiger partial charge in [0.05, 0.1) is 13.0 Å². The van der Waals surface area contributed by atoms with Gasteiger partial charge < -0.3 is 9.47 Å². The van der Waals surface area contributed by atoms with Crippen molar-refractivity contribution < 1.29 is 19.1 Å². The van der Waals surface area contributed by atoms with Crippen LogP contribution in [0, 0.1) is 0 Å². The number of Topliss-reactive ketones (excluding diaryl/α,β-unsaturated/α-hetero) is 1. The zero-order chi connectivity index (χ0) is 10.1. The van der Waals surface area contributed by atoms with E-state index in [1.165, 1.54) is 6.92 Å². The van der Waals surface area contributed by atoms with Gasteiger partial charge in [-0.05, 0) is 13.3 Å². The predicted octanol–water partition coefficient (Wildman–Crippen LogP) is 3.48. The Kier molecular flexibility index (Phi) is 35.9. The first kappa shape index (κ1) is 29.8. The van der Waals surface area contributed by atoms with E-state index in [-0.39, 0.29) is 54.5 Å². The van der Waals surface area contributed by atoms with Gasteiger partial charge in [0, 0.05) is 6.61 Å². The average molecular weight is 252 g/mol. The SMILES string of the molecule is C.C.C.C.CCCOCCC(=O)OCC(C)=O. The topological polar surface area (TPSA) is 52.6 Å². The molecule has 17 heavy (non-hydrogen) atoms. The van der Waals surface area contributed by atoms with Crippen LogP contribution in [-0.4, -0.2) is 31.6 Å². The van der Waals surface area contributed by atoms with Gasteiger partial charge in [0.25, 0.3) is 0 Å². The Bertz CT molecular complexity index is 167. The van der Waals surface area contributed by atoms with E-state index >= 15 is 0 Å². The number of hydrogen-bond donors (Lipinski definition) is 0. The molecule has 0 spiro atoms. The molecule has 0 saturated carbocycles. The maximum absolute atomic E-state index is 10.9. The van der Waals surface area contributed by atoms with Crippen LogP contribution in [0.25, 0.3) is 0 Å². The second-order valence-corrected chi connectivity index (χ2v) is 2.73. The molecule has 0 N–H and O–H groups in total. The number of ether oxygens (including phenoxy) is 2. The lowest BCUT2D eigenvalue weighted by atomic mass is 10.4. The molecule has 0 unspecified atom stereocenters. The third kappa shape index (κ3) is 25.4. The Labute approximate surface area is 108 Å². The number of hydrogen-bond acceptors (Lipinski definition) is 4. The van der Waals surface area contributed by atoms with Crippen LogP contribution in [0.4, 0.5) is 0 Å². The van der Waals surface area contributed by atoms with Crippen LogP contribution in [0.3, 0.4) is 0 Å². The fourth-order valence-electron chi connectivity index (χ4n) is 0.656. The van der Waals surface area contributed by atoms with Crippen LogP contribution < -0.4 is 0 Å². The first-order valence-electron chi connectivity index (χ1n) is 4.39. The van der Waals surface area contributed by atoms with Crippen LogP contribution in [-0.2, 0) is 19.1 Å². The monoisotopic (exact) mass is 252 g/mol. The van der Waals surface area contributed by atoms with E-state index in [1.807, 2.05) is 6.92 Å². The summed E-state index contributed by atoms with van der Waals surface area (Å²) in [5, 5.41) is 0. The molecule has 0 aromatic heterocycles. The molecule has 0 aliphatic rings. The highest BCUT2D eigenvalue weighted by Crippen LogP contribution is 1.89. The average Bonchev–Trinajstić information content (AvgIpc) is 2.09. The molecule has 0 amide bonds. The number of carbonyl (C=O) groups is 2. The van der Waals surface area contributed by atoms with Crippen LogP contribution in [0.5, 0.6) is 0 Å². The van der Waals surface area contributed by atoms with E-state index in [1.54, 1.807) is 0 Å². The lowest BCUT2D eigenvalue weighted by Gasteiger charge is -2.02. The Morgan fingerprint density at radius 1 is 1.00 bits per heavy atom. The molecule has 0 aromatic rings. The molecule has 108 valence electrons. The Balaban J connectivity index is -0.000000120. The molecular weight excluding hydrogens is 220 g/mol. The largest absolute Gasteiger partial charge is 0.458 e. The van der Waals surface area contributed by atoms with Crippen LogP contribution in [0.15, 0.2) is 0 Å². The van der Waals surface area contributed by atoms with Gasteiger partial charge in [-0.3, -0.25) is 9.59 Å². The molecule has 4 nitrogen and oxygen atoms in total. The summed E-state index contributed by atoms with van der Waals surface area (Å²) in [7, 11) is 0. The van der Waals surface area contributed by atoms with Crippen molar-refractivity contribution in [3.05, 3.63) is 0 Å². The van der Waals surface area contributed by atoms with E-state index in [0.717, 1.165) is 6.42 Å². The summed E-state index contributed by atoms with van der Waals surface area (Å²) >= 11 is 0. The zero-order valence-corrected chi connectivity index (χ0v) is 8.17. The first-order valence-corrected chi connectivity index (χ1v) is 4.39. The molecular formula is C13H32O4.